The van der Waals surface area contributed by atoms with Crippen LogP contribution < -0.4 is 14.8 Å². The fraction of sp³-hybridized carbons (Fsp3) is 0.417. The average Bonchev–Trinajstić information content (AvgIpc) is 2.83. The summed E-state index contributed by atoms with van der Waals surface area (Å²) >= 11 is 0. The normalized spacial score (nSPS) is 14.9. The quantitative estimate of drug-likeness (QED) is 0.571. The molecule has 32 heavy (non-hydrogen) atoms. The van der Waals surface area contributed by atoms with Gasteiger partial charge in [0, 0.05) is 32.1 Å². The van der Waals surface area contributed by atoms with Crippen molar-refractivity contribution in [3.63, 3.8) is 0 Å². The van der Waals surface area contributed by atoms with Gasteiger partial charge in [0.1, 0.15) is 5.82 Å². The van der Waals surface area contributed by atoms with Crippen molar-refractivity contribution < 1.29 is 23.4 Å². The summed E-state index contributed by atoms with van der Waals surface area (Å²) in [5.41, 5.74) is 1.45. The number of hydrogen-bond acceptors (Lipinski definition) is 6. The summed E-state index contributed by atoms with van der Waals surface area (Å²) in [6.07, 6.45) is 0.853. The number of morpholine rings is 1. The maximum atomic E-state index is 13.4. The number of amides is 1. The zero-order valence-electron chi connectivity index (χ0n) is 18.2. The standard InChI is InChI=1S/C24H28FN3O4/c1-30-23-15-18(16-26)4-9-22(23)32-12-2-3-24(29)27-17-21(28-10-13-31-14-11-28)19-5-7-20(25)8-6-19/h4-9,15,21H,2-3,10-14,17H2,1H3,(H,27,29). The fourth-order valence-electron chi connectivity index (χ4n) is 3.60. The number of methoxy groups -OCH3 is 1. The maximum absolute atomic E-state index is 13.4. The molecule has 2 aromatic rings. The molecule has 3 rings (SSSR count). The number of carbonyl (C=O) groups is 1. The summed E-state index contributed by atoms with van der Waals surface area (Å²) in [4.78, 5) is 14.7. The van der Waals surface area contributed by atoms with Crippen molar-refractivity contribution in [2.45, 2.75) is 18.9 Å². The van der Waals surface area contributed by atoms with Crippen LogP contribution in [0.15, 0.2) is 42.5 Å². The molecule has 0 spiro atoms. The molecule has 0 aromatic heterocycles. The first-order chi connectivity index (χ1) is 15.6. The van der Waals surface area contributed by atoms with Gasteiger partial charge in [-0.05, 0) is 36.2 Å². The van der Waals surface area contributed by atoms with Crippen LogP contribution in [0.1, 0.15) is 30.0 Å². The highest BCUT2D eigenvalue weighted by molar-refractivity contribution is 5.75. The second kappa shape index (κ2) is 12.0. The van der Waals surface area contributed by atoms with Gasteiger partial charge in [-0.25, -0.2) is 4.39 Å². The molecule has 0 saturated carbocycles. The number of nitrogens with one attached hydrogen (secondary N) is 1. The Morgan fingerprint density at radius 2 is 1.97 bits per heavy atom. The Kier molecular flexibility index (Phi) is 8.84. The van der Waals surface area contributed by atoms with Crippen molar-refractivity contribution in [2.75, 3.05) is 46.6 Å². The molecule has 1 amide bonds. The Hall–Kier alpha value is -3.15. The van der Waals surface area contributed by atoms with Gasteiger partial charge in [-0.15, -0.1) is 0 Å². The number of halogens is 1. The Morgan fingerprint density at radius 1 is 1.22 bits per heavy atom. The number of nitrogens with zero attached hydrogens (tertiary/aromatic N) is 2. The Morgan fingerprint density at radius 3 is 2.66 bits per heavy atom. The van der Waals surface area contributed by atoms with Crippen LogP contribution in [0.25, 0.3) is 0 Å². The molecular formula is C24H28FN3O4. The number of nitriles is 1. The second-order valence-electron chi connectivity index (χ2n) is 7.45. The number of carbonyl (C=O) groups excluding carboxylic acids is 1. The first-order valence-corrected chi connectivity index (χ1v) is 10.7. The van der Waals surface area contributed by atoms with Crippen LogP contribution in [0.4, 0.5) is 4.39 Å². The SMILES string of the molecule is COc1cc(C#N)ccc1OCCCC(=O)NCC(c1ccc(F)cc1)N1CCOCC1. The Labute approximate surface area is 187 Å². The zero-order valence-corrected chi connectivity index (χ0v) is 18.2. The first-order valence-electron chi connectivity index (χ1n) is 10.7. The first kappa shape index (κ1) is 23.5. The van der Waals surface area contributed by atoms with E-state index < -0.39 is 0 Å². The second-order valence-corrected chi connectivity index (χ2v) is 7.45. The summed E-state index contributed by atoms with van der Waals surface area (Å²) in [5.74, 6) is 0.676. The molecule has 170 valence electrons. The summed E-state index contributed by atoms with van der Waals surface area (Å²) in [6.45, 7) is 3.59. The third-order valence-electron chi connectivity index (χ3n) is 5.33. The molecule has 1 unspecified atom stereocenters. The molecule has 2 aromatic carbocycles. The fourth-order valence-corrected chi connectivity index (χ4v) is 3.60. The van der Waals surface area contributed by atoms with E-state index in [1.54, 1.807) is 30.3 Å². The largest absolute Gasteiger partial charge is 0.493 e. The molecule has 7 nitrogen and oxygen atoms in total. The van der Waals surface area contributed by atoms with E-state index in [0.717, 1.165) is 18.7 Å². The van der Waals surface area contributed by atoms with E-state index in [9.17, 15) is 9.18 Å². The number of ether oxygens (including phenoxy) is 3. The molecule has 1 saturated heterocycles. The Bertz CT molecular complexity index is 924. The molecule has 0 bridgehead atoms. The van der Waals surface area contributed by atoms with Crippen molar-refractivity contribution in [1.29, 1.82) is 5.26 Å². The number of benzene rings is 2. The predicted molar refractivity (Wildman–Crippen MR) is 117 cm³/mol. The van der Waals surface area contributed by atoms with Crippen LogP contribution in [0.3, 0.4) is 0 Å². The molecular weight excluding hydrogens is 413 g/mol. The van der Waals surface area contributed by atoms with E-state index >= 15 is 0 Å². The smallest absolute Gasteiger partial charge is 0.220 e. The Balaban J connectivity index is 1.48. The van der Waals surface area contributed by atoms with E-state index in [1.807, 2.05) is 0 Å². The van der Waals surface area contributed by atoms with Crippen LogP contribution in [0, 0.1) is 17.1 Å². The van der Waals surface area contributed by atoms with Gasteiger partial charge in [0.25, 0.3) is 0 Å². The van der Waals surface area contributed by atoms with Crippen molar-refractivity contribution in [1.82, 2.24) is 10.2 Å². The van der Waals surface area contributed by atoms with Crippen LogP contribution in [0.2, 0.25) is 0 Å². The molecule has 1 atom stereocenters. The zero-order chi connectivity index (χ0) is 22.8. The molecule has 0 radical (unpaired) electrons. The molecule has 1 aliphatic heterocycles. The van der Waals surface area contributed by atoms with Gasteiger partial charge < -0.3 is 19.5 Å². The van der Waals surface area contributed by atoms with Gasteiger partial charge in [0.2, 0.25) is 5.91 Å². The lowest BCUT2D eigenvalue weighted by Gasteiger charge is -2.35. The molecule has 1 aliphatic rings. The minimum absolute atomic E-state index is 0.0392. The highest BCUT2D eigenvalue weighted by Gasteiger charge is 2.23. The lowest BCUT2D eigenvalue weighted by Crippen LogP contribution is -2.43. The summed E-state index contributed by atoms with van der Waals surface area (Å²) in [6, 6.07) is 13.4. The van der Waals surface area contributed by atoms with E-state index in [-0.39, 0.29) is 17.8 Å². The van der Waals surface area contributed by atoms with Gasteiger partial charge in [0.05, 0.1) is 44.6 Å². The van der Waals surface area contributed by atoms with Crippen molar-refractivity contribution >= 4 is 5.91 Å². The highest BCUT2D eigenvalue weighted by atomic mass is 19.1. The molecule has 0 aliphatic carbocycles. The summed E-state index contributed by atoms with van der Waals surface area (Å²) in [7, 11) is 1.52. The lowest BCUT2D eigenvalue weighted by molar-refractivity contribution is -0.121. The number of hydrogen-bond donors (Lipinski definition) is 1. The third-order valence-corrected chi connectivity index (χ3v) is 5.33. The monoisotopic (exact) mass is 441 g/mol. The summed E-state index contributed by atoms with van der Waals surface area (Å²) < 4.78 is 29.7. The summed E-state index contributed by atoms with van der Waals surface area (Å²) in [5, 5.41) is 12.0. The van der Waals surface area contributed by atoms with Crippen LogP contribution in [-0.2, 0) is 9.53 Å². The van der Waals surface area contributed by atoms with Crippen molar-refractivity contribution in [2.24, 2.45) is 0 Å². The van der Waals surface area contributed by atoms with E-state index in [0.29, 0.717) is 56.3 Å². The highest BCUT2D eigenvalue weighted by Crippen LogP contribution is 2.28. The molecule has 1 N–H and O–H groups in total. The number of rotatable bonds is 10. The van der Waals surface area contributed by atoms with E-state index in [2.05, 4.69) is 16.3 Å². The van der Waals surface area contributed by atoms with Crippen LogP contribution in [0.5, 0.6) is 11.5 Å². The van der Waals surface area contributed by atoms with Gasteiger partial charge in [0.15, 0.2) is 11.5 Å². The van der Waals surface area contributed by atoms with Crippen molar-refractivity contribution in [3.05, 3.63) is 59.4 Å². The van der Waals surface area contributed by atoms with Gasteiger partial charge >= 0.3 is 0 Å². The molecule has 1 fully saturated rings. The van der Waals surface area contributed by atoms with Gasteiger partial charge in [-0.2, -0.15) is 5.26 Å². The van der Waals surface area contributed by atoms with Gasteiger partial charge in [-0.3, -0.25) is 9.69 Å². The molecule has 1 heterocycles. The van der Waals surface area contributed by atoms with Crippen molar-refractivity contribution in [3.8, 4) is 17.6 Å². The minimum atomic E-state index is -0.280. The van der Waals surface area contributed by atoms with Gasteiger partial charge in [-0.1, -0.05) is 12.1 Å². The third kappa shape index (κ3) is 6.67. The predicted octanol–water partition coefficient (Wildman–Crippen LogP) is 3.05. The topological polar surface area (TPSA) is 83.8 Å². The van der Waals surface area contributed by atoms with Crippen LogP contribution in [-0.4, -0.2) is 57.4 Å². The lowest BCUT2D eigenvalue weighted by atomic mass is 10.0. The molecule has 8 heteroatoms. The van der Waals surface area contributed by atoms with Crippen LogP contribution >= 0.6 is 0 Å². The average molecular weight is 442 g/mol. The maximum Gasteiger partial charge on any atom is 0.220 e. The van der Waals surface area contributed by atoms with E-state index in [4.69, 9.17) is 19.5 Å². The van der Waals surface area contributed by atoms with E-state index in [1.165, 1.54) is 19.2 Å². The minimum Gasteiger partial charge on any atom is -0.493 e.